The van der Waals surface area contributed by atoms with Crippen molar-refractivity contribution in [3.05, 3.63) is 42.1 Å². The molecule has 0 N–H and O–H groups in total. The second-order valence-corrected chi connectivity index (χ2v) is 6.96. The summed E-state index contributed by atoms with van der Waals surface area (Å²) in [6.07, 6.45) is -0.0709. The van der Waals surface area contributed by atoms with Gasteiger partial charge in [0.1, 0.15) is 11.2 Å². The SMILES string of the molecule is COC(=O)CC1(C)C(=O)N(C)c2cccc3c2c1nc1cccc(OC)c13. The molecule has 27 heavy (non-hydrogen) atoms. The third-order valence-corrected chi connectivity index (χ3v) is 5.39. The molecule has 0 saturated heterocycles. The summed E-state index contributed by atoms with van der Waals surface area (Å²) in [5.41, 5.74) is 0.992. The minimum atomic E-state index is -1.11. The largest absolute Gasteiger partial charge is 0.496 e. The quantitative estimate of drug-likeness (QED) is 0.527. The summed E-state index contributed by atoms with van der Waals surface area (Å²) in [6, 6.07) is 11.5. The van der Waals surface area contributed by atoms with Crippen LogP contribution in [-0.4, -0.2) is 38.1 Å². The Morgan fingerprint density at radius 2 is 1.89 bits per heavy atom. The molecule has 138 valence electrons. The molecule has 6 heteroatoms. The highest BCUT2D eigenvalue weighted by Crippen LogP contribution is 2.46. The van der Waals surface area contributed by atoms with Crippen LogP contribution in [0, 0.1) is 0 Å². The number of amides is 1. The maximum atomic E-state index is 13.2. The zero-order chi connectivity index (χ0) is 19.3. The Bertz CT molecular complexity index is 1110. The van der Waals surface area contributed by atoms with Gasteiger partial charge < -0.3 is 14.4 Å². The van der Waals surface area contributed by atoms with E-state index >= 15 is 0 Å². The standard InChI is InChI=1S/C21H20N2O4/c1-21(11-16(24)27-4)19-18-12(7-5-9-14(18)23(2)20(21)25)17-13(22-19)8-6-10-15(17)26-3/h5-10H,11H2,1-4H3. The van der Waals surface area contributed by atoms with E-state index in [0.29, 0.717) is 5.69 Å². The number of rotatable bonds is 3. The van der Waals surface area contributed by atoms with E-state index < -0.39 is 11.4 Å². The number of esters is 1. The van der Waals surface area contributed by atoms with E-state index in [9.17, 15) is 9.59 Å². The smallest absolute Gasteiger partial charge is 0.306 e. The second-order valence-electron chi connectivity index (χ2n) is 6.96. The monoisotopic (exact) mass is 364 g/mol. The van der Waals surface area contributed by atoms with Gasteiger partial charge in [0.15, 0.2) is 0 Å². The number of carbonyl (C=O) groups is 2. The summed E-state index contributed by atoms with van der Waals surface area (Å²) < 4.78 is 10.4. The number of likely N-dealkylation sites (N-methyl/N-ethyl adjacent to an activating group) is 1. The lowest BCUT2D eigenvalue weighted by molar-refractivity contribution is -0.144. The highest BCUT2D eigenvalue weighted by atomic mass is 16.5. The Morgan fingerprint density at radius 1 is 1.15 bits per heavy atom. The fourth-order valence-electron chi connectivity index (χ4n) is 4.01. The van der Waals surface area contributed by atoms with Crippen LogP contribution < -0.4 is 9.64 Å². The summed E-state index contributed by atoms with van der Waals surface area (Å²) in [7, 11) is 4.67. The average Bonchev–Trinajstić information content (AvgIpc) is 2.69. The summed E-state index contributed by atoms with van der Waals surface area (Å²) in [5.74, 6) is 0.0971. The Balaban J connectivity index is 2.17. The average molecular weight is 364 g/mol. The van der Waals surface area contributed by atoms with Crippen LogP contribution in [0.25, 0.3) is 21.7 Å². The number of fused-ring (bicyclic) bond motifs is 2. The van der Waals surface area contributed by atoms with Crippen LogP contribution >= 0.6 is 0 Å². The number of carbonyl (C=O) groups excluding carboxylic acids is 2. The van der Waals surface area contributed by atoms with Crippen LogP contribution in [0.2, 0.25) is 0 Å². The van der Waals surface area contributed by atoms with Gasteiger partial charge in [0.25, 0.3) is 0 Å². The Hall–Kier alpha value is -3.15. The Morgan fingerprint density at radius 3 is 2.59 bits per heavy atom. The lowest BCUT2D eigenvalue weighted by Gasteiger charge is -2.38. The molecule has 1 unspecified atom stereocenters. The molecule has 1 atom stereocenters. The zero-order valence-electron chi connectivity index (χ0n) is 15.7. The van der Waals surface area contributed by atoms with Gasteiger partial charge in [-0.3, -0.25) is 14.6 Å². The van der Waals surface area contributed by atoms with Gasteiger partial charge in [-0.05, 0) is 30.5 Å². The van der Waals surface area contributed by atoms with Gasteiger partial charge in [0, 0.05) is 12.4 Å². The number of nitrogens with zero attached hydrogens (tertiary/aromatic N) is 2. The minimum absolute atomic E-state index is 0.0709. The van der Waals surface area contributed by atoms with Crippen LogP contribution in [0.3, 0.4) is 0 Å². The predicted octanol–water partition coefficient (Wildman–Crippen LogP) is 3.19. The predicted molar refractivity (Wildman–Crippen MR) is 103 cm³/mol. The lowest BCUT2D eigenvalue weighted by Crippen LogP contribution is -2.48. The first-order valence-electron chi connectivity index (χ1n) is 8.67. The van der Waals surface area contributed by atoms with Crippen molar-refractivity contribution in [3.63, 3.8) is 0 Å². The molecule has 0 saturated carbocycles. The normalized spacial score (nSPS) is 18.8. The van der Waals surface area contributed by atoms with Crippen LogP contribution in [0.15, 0.2) is 36.4 Å². The summed E-state index contributed by atoms with van der Waals surface area (Å²) in [4.78, 5) is 31.7. The van der Waals surface area contributed by atoms with Crippen LogP contribution in [0.1, 0.15) is 19.0 Å². The van der Waals surface area contributed by atoms with E-state index in [0.717, 1.165) is 33.1 Å². The molecule has 1 aliphatic rings. The molecule has 0 radical (unpaired) electrons. The van der Waals surface area contributed by atoms with Gasteiger partial charge in [-0.15, -0.1) is 0 Å². The molecule has 0 bridgehead atoms. The number of benzene rings is 2. The van der Waals surface area contributed by atoms with Crippen LogP contribution in [-0.2, 0) is 19.7 Å². The molecule has 1 amide bonds. The van der Waals surface area contributed by atoms with Gasteiger partial charge in [0.05, 0.1) is 42.9 Å². The van der Waals surface area contributed by atoms with Crippen molar-refractivity contribution < 1.29 is 19.1 Å². The summed E-state index contributed by atoms with van der Waals surface area (Å²) >= 11 is 0. The lowest BCUT2D eigenvalue weighted by atomic mass is 9.76. The number of aromatic nitrogens is 1. The third-order valence-electron chi connectivity index (χ3n) is 5.39. The van der Waals surface area contributed by atoms with Gasteiger partial charge in [-0.2, -0.15) is 0 Å². The molecule has 2 aromatic carbocycles. The first-order chi connectivity index (χ1) is 12.9. The summed E-state index contributed by atoms with van der Waals surface area (Å²) in [6.45, 7) is 1.76. The van der Waals surface area contributed by atoms with E-state index in [4.69, 9.17) is 14.5 Å². The Kier molecular flexibility index (Phi) is 3.80. The molecule has 0 spiro atoms. The molecular weight excluding hydrogens is 344 g/mol. The van der Waals surface area contributed by atoms with E-state index in [2.05, 4.69) is 0 Å². The van der Waals surface area contributed by atoms with Gasteiger partial charge in [-0.25, -0.2) is 0 Å². The van der Waals surface area contributed by atoms with Crippen molar-refractivity contribution in [2.24, 2.45) is 0 Å². The van der Waals surface area contributed by atoms with E-state index in [-0.39, 0.29) is 12.3 Å². The number of anilines is 1. The molecule has 1 aromatic heterocycles. The van der Waals surface area contributed by atoms with Crippen molar-refractivity contribution in [2.75, 3.05) is 26.2 Å². The fraction of sp³-hybridized carbons (Fsp3) is 0.286. The van der Waals surface area contributed by atoms with E-state index in [1.165, 1.54) is 7.11 Å². The maximum absolute atomic E-state index is 13.2. The molecular formula is C21H20N2O4. The van der Waals surface area contributed by atoms with Gasteiger partial charge in [0.2, 0.25) is 5.91 Å². The third kappa shape index (κ3) is 2.29. The number of hydrogen-bond acceptors (Lipinski definition) is 5. The second kappa shape index (κ2) is 5.94. The van der Waals surface area contributed by atoms with Crippen molar-refractivity contribution in [1.29, 1.82) is 0 Å². The fourth-order valence-corrected chi connectivity index (χ4v) is 4.01. The first kappa shape index (κ1) is 17.3. The van der Waals surface area contributed by atoms with Crippen molar-refractivity contribution in [2.45, 2.75) is 18.8 Å². The first-order valence-corrected chi connectivity index (χ1v) is 8.67. The van der Waals surface area contributed by atoms with Crippen LogP contribution in [0.4, 0.5) is 5.69 Å². The maximum Gasteiger partial charge on any atom is 0.306 e. The molecule has 0 aliphatic carbocycles. The van der Waals surface area contributed by atoms with Crippen molar-refractivity contribution in [3.8, 4) is 5.75 Å². The molecule has 6 nitrogen and oxygen atoms in total. The number of hydrogen-bond donors (Lipinski definition) is 0. The van der Waals surface area contributed by atoms with Crippen molar-refractivity contribution in [1.82, 2.24) is 4.98 Å². The zero-order valence-corrected chi connectivity index (χ0v) is 15.7. The molecule has 4 rings (SSSR count). The molecule has 3 aromatic rings. The number of ether oxygens (including phenoxy) is 2. The number of pyridine rings is 1. The summed E-state index contributed by atoms with van der Waals surface area (Å²) in [5, 5.41) is 2.70. The van der Waals surface area contributed by atoms with Crippen LogP contribution in [0.5, 0.6) is 5.75 Å². The Labute approximate surface area is 156 Å². The van der Waals surface area contributed by atoms with Gasteiger partial charge >= 0.3 is 5.97 Å². The molecule has 1 aliphatic heterocycles. The van der Waals surface area contributed by atoms with E-state index in [1.807, 2.05) is 36.4 Å². The molecule has 2 heterocycles. The highest BCUT2D eigenvalue weighted by molar-refractivity contribution is 6.21. The number of methoxy groups -OCH3 is 2. The van der Waals surface area contributed by atoms with Gasteiger partial charge in [-0.1, -0.05) is 18.2 Å². The highest BCUT2D eigenvalue weighted by Gasteiger charge is 2.46. The minimum Gasteiger partial charge on any atom is -0.496 e. The van der Waals surface area contributed by atoms with Crippen molar-refractivity contribution >= 4 is 39.2 Å². The van der Waals surface area contributed by atoms with E-state index in [1.54, 1.807) is 26.0 Å². The topological polar surface area (TPSA) is 68.7 Å². The molecule has 0 fully saturated rings.